The smallest absolute Gasteiger partial charge is 0.260 e. The van der Waals surface area contributed by atoms with E-state index in [1.165, 1.54) is 21.6 Å². The van der Waals surface area contributed by atoms with E-state index in [4.69, 9.17) is 19.2 Å². The van der Waals surface area contributed by atoms with Gasteiger partial charge in [0.2, 0.25) is 0 Å². The predicted molar refractivity (Wildman–Crippen MR) is 159 cm³/mol. The van der Waals surface area contributed by atoms with Gasteiger partial charge in [-0.2, -0.15) is 0 Å². The molecule has 0 fully saturated rings. The molecule has 4 aromatic rings. The largest absolute Gasteiger partial charge is 0.493 e. The summed E-state index contributed by atoms with van der Waals surface area (Å²) in [4.78, 5) is 23.2. The number of fused-ring (bicyclic) bond motifs is 3. The summed E-state index contributed by atoms with van der Waals surface area (Å²) in [5.74, 6) is 3.30. The minimum absolute atomic E-state index is 0.0650. The molecule has 0 saturated carbocycles. The summed E-state index contributed by atoms with van der Waals surface area (Å²) in [7, 11) is 1.62. The lowest BCUT2D eigenvalue weighted by Gasteiger charge is -2.33. The maximum Gasteiger partial charge on any atom is 0.260 e. The number of ether oxygens (including phenoxy) is 3. The number of nitrogens with one attached hydrogen (secondary N) is 1. The molecule has 5 rings (SSSR count). The minimum atomic E-state index is -0.0650. The Kier molecular flexibility index (Phi) is 7.72. The molecule has 0 saturated heterocycles. The van der Waals surface area contributed by atoms with Crippen LogP contribution < -0.4 is 19.8 Å². The van der Waals surface area contributed by atoms with Crippen LogP contribution in [-0.2, 0) is 12.8 Å². The molecule has 1 aliphatic rings. The molecule has 0 spiro atoms. The molecule has 0 radical (unpaired) electrons. The number of rotatable bonds is 8. The van der Waals surface area contributed by atoms with Crippen LogP contribution in [0.5, 0.6) is 17.2 Å². The van der Waals surface area contributed by atoms with E-state index in [2.05, 4.69) is 45.7 Å². The Hall–Kier alpha value is -3.32. The highest BCUT2D eigenvalue weighted by atomic mass is 32.1. The Morgan fingerprint density at radius 2 is 1.77 bits per heavy atom. The van der Waals surface area contributed by atoms with Crippen molar-refractivity contribution in [2.24, 2.45) is 11.3 Å². The Balaban J connectivity index is 1.28. The fourth-order valence-electron chi connectivity index (χ4n) is 5.44. The van der Waals surface area contributed by atoms with E-state index in [1.807, 2.05) is 30.3 Å². The number of aromatic amines is 1. The number of hydrogen-bond donors (Lipinski definition) is 1. The highest BCUT2D eigenvalue weighted by molar-refractivity contribution is 7.18. The zero-order chi connectivity index (χ0) is 27.7. The molecule has 39 heavy (non-hydrogen) atoms. The van der Waals surface area contributed by atoms with Gasteiger partial charge in [-0.25, -0.2) is 4.98 Å². The average molecular weight is 547 g/mol. The van der Waals surface area contributed by atoms with Crippen LogP contribution in [0.2, 0.25) is 0 Å². The van der Waals surface area contributed by atoms with Crippen LogP contribution in [0.25, 0.3) is 21.6 Å². The van der Waals surface area contributed by atoms with Gasteiger partial charge in [0.15, 0.2) is 11.5 Å². The predicted octanol–water partition coefficient (Wildman–Crippen LogP) is 7.28. The van der Waals surface area contributed by atoms with Crippen LogP contribution in [0.15, 0.2) is 41.2 Å². The number of thiophene rings is 1. The van der Waals surface area contributed by atoms with Crippen molar-refractivity contribution in [3.05, 3.63) is 68.3 Å². The van der Waals surface area contributed by atoms with Gasteiger partial charge in [-0.3, -0.25) is 4.79 Å². The van der Waals surface area contributed by atoms with Gasteiger partial charge in [-0.1, -0.05) is 26.8 Å². The normalized spacial score (nSPS) is 15.3. The standard InChI is InChI=1S/C32H38N2O4S/c1-19-14-20(2)16-23(15-19)37-12-7-13-38-25-11-8-21(17-26(25)36-6)29-33-30(35)28-24-10-9-22(32(3,4)5)18-27(24)39-31(28)34-29/h8,11,14-17,22H,7,9-10,12-13,18H2,1-6H3,(H,33,34,35)/t22-/m1/s1. The zero-order valence-corrected chi connectivity index (χ0v) is 24.6. The van der Waals surface area contributed by atoms with Crippen molar-refractivity contribution < 1.29 is 14.2 Å². The number of methoxy groups -OCH3 is 1. The van der Waals surface area contributed by atoms with E-state index >= 15 is 0 Å². The van der Waals surface area contributed by atoms with E-state index in [1.54, 1.807) is 18.4 Å². The second-order valence-electron chi connectivity index (χ2n) is 11.6. The van der Waals surface area contributed by atoms with Gasteiger partial charge in [-0.05, 0) is 91.5 Å². The molecule has 206 valence electrons. The maximum absolute atomic E-state index is 13.2. The topological polar surface area (TPSA) is 73.4 Å². The number of aromatic nitrogens is 2. The van der Waals surface area contributed by atoms with Crippen LogP contribution >= 0.6 is 11.3 Å². The van der Waals surface area contributed by atoms with Gasteiger partial charge in [0.05, 0.1) is 25.7 Å². The first-order chi connectivity index (χ1) is 18.6. The molecule has 2 aromatic carbocycles. The third kappa shape index (κ3) is 5.98. The van der Waals surface area contributed by atoms with Crippen molar-refractivity contribution in [2.75, 3.05) is 20.3 Å². The van der Waals surface area contributed by atoms with E-state index in [-0.39, 0.29) is 11.0 Å². The van der Waals surface area contributed by atoms with Gasteiger partial charge in [0.1, 0.15) is 16.4 Å². The zero-order valence-electron chi connectivity index (χ0n) is 23.8. The number of nitrogens with zero attached hydrogens (tertiary/aromatic N) is 1. The molecule has 6 nitrogen and oxygen atoms in total. The van der Waals surface area contributed by atoms with Gasteiger partial charge >= 0.3 is 0 Å². The van der Waals surface area contributed by atoms with Crippen LogP contribution in [0.3, 0.4) is 0 Å². The van der Waals surface area contributed by atoms with Crippen molar-refractivity contribution in [3.8, 4) is 28.6 Å². The van der Waals surface area contributed by atoms with Crippen molar-refractivity contribution in [1.29, 1.82) is 0 Å². The molecule has 0 amide bonds. The fraction of sp³-hybridized carbons (Fsp3) is 0.438. The first-order valence-electron chi connectivity index (χ1n) is 13.7. The second-order valence-corrected chi connectivity index (χ2v) is 12.7. The Morgan fingerprint density at radius 1 is 1.03 bits per heavy atom. The summed E-state index contributed by atoms with van der Waals surface area (Å²) in [5.41, 5.74) is 4.55. The molecule has 0 aliphatic heterocycles. The lowest BCUT2D eigenvalue weighted by molar-refractivity contribution is 0.218. The monoisotopic (exact) mass is 546 g/mol. The third-order valence-electron chi connectivity index (χ3n) is 7.59. The maximum atomic E-state index is 13.2. The molecule has 1 atom stereocenters. The van der Waals surface area contributed by atoms with Crippen LogP contribution in [0.4, 0.5) is 0 Å². The molecule has 7 heteroatoms. The molecule has 2 heterocycles. The first kappa shape index (κ1) is 27.3. The Morgan fingerprint density at radius 3 is 2.49 bits per heavy atom. The van der Waals surface area contributed by atoms with Crippen LogP contribution in [0.1, 0.15) is 55.2 Å². The van der Waals surface area contributed by atoms with E-state index in [9.17, 15) is 4.79 Å². The van der Waals surface area contributed by atoms with Crippen LogP contribution in [-0.4, -0.2) is 30.3 Å². The quantitative estimate of drug-likeness (QED) is 0.235. The summed E-state index contributed by atoms with van der Waals surface area (Å²) in [6.45, 7) is 12.1. The van der Waals surface area contributed by atoms with Gasteiger partial charge in [0, 0.05) is 16.9 Å². The number of hydrogen-bond acceptors (Lipinski definition) is 6. The van der Waals surface area contributed by atoms with E-state index in [0.717, 1.165) is 47.2 Å². The Bertz CT molecular complexity index is 1530. The summed E-state index contributed by atoms with van der Waals surface area (Å²) in [5, 5.41) is 0.765. The average Bonchev–Trinajstić information content (AvgIpc) is 3.26. The SMILES string of the molecule is COc1cc(-c2nc3sc4c(c3c(=O)[nH]2)CC[C@@H](C(C)(C)C)C4)ccc1OCCCOc1cc(C)cc(C)c1. The second kappa shape index (κ2) is 11.0. The molecule has 1 N–H and O–H groups in total. The summed E-state index contributed by atoms with van der Waals surface area (Å²) < 4.78 is 17.5. The molecule has 1 aliphatic carbocycles. The van der Waals surface area contributed by atoms with Crippen LogP contribution in [0, 0.1) is 25.2 Å². The number of benzene rings is 2. The lowest BCUT2D eigenvalue weighted by atomic mass is 9.72. The molecular formula is C32H38N2O4S. The fourth-order valence-corrected chi connectivity index (χ4v) is 6.74. The van der Waals surface area contributed by atoms with E-state index < -0.39 is 0 Å². The van der Waals surface area contributed by atoms with E-state index in [0.29, 0.717) is 36.5 Å². The number of aryl methyl sites for hydroxylation is 3. The molecule has 2 aromatic heterocycles. The highest BCUT2D eigenvalue weighted by Crippen LogP contribution is 2.42. The summed E-state index contributed by atoms with van der Waals surface area (Å²) >= 11 is 1.67. The van der Waals surface area contributed by atoms with Crippen molar-refractivity contribution in [1.82, 2.24) is 9.97 Å². The summed E-state index contributed by atoms with van der Waals surface area (Å²) in [6.07, 6.45) is 3.81. The molecular weight excluding hydrogens is 508 g/mol. The lowest BCUT2D eigenvalue weighted by Crippen LogP contribution is -2.26. The van der Waals surface area contributed by atoms with Gasteiger partial charge < -0.3 is 19.2 Å². The van der Waals surface area contributed by atoms with Crippen molar-refractivity contribution in [2.45, 2.75) is 60.3 Å². The number of H-pyrrole nitrogens is 1. The van der Waals surface area contributed by atoms with Crippen molar-refractivity contribution >= 4 is 21.6 Å². The molecule has 0 bridgehead atoms. The Labute approximate surface area is 234 Å². The van der Waals surface area contributed by atoms with Gasteiger partial charge in [0.25, 0.3) is 5.56 Å². The van der Waals surface area contributed by atoms with Crippen molar-refractivity contribution in [3.63, 3.8) is 0 Å². The highest BCUT2D eigenvalue weighted by Gasteiger charge is 2.31. The summed E-state index contributed by atoms with van der Waals surface area (Å²) in [6, 6.07) is 11.9. The molecule has 0 unspecified atom stereocenters. The minimum Gasteiger partial charge on any atom is -0.493 e. The van der Waals surface area contributed by atoms with Gasteiger partial charge in [-0.15, -0.1) is 11.3 Å². The first-order valence-corrected chi connectivity index (χ1v) is 14.5. The third-order valence-corrected chi connectivity index (χ3v) is 8.74.